The molecule has 0 aliphatic rings. The van der Waals surface area contributed by atoms with Crippen LogP contribution in [0.3, 0.4) is 0 Å². The van der Waals surface area contributed by atoms with E-state index >= 15 is 0 Å². The van der Waals surface area contributed by atoms with Crippen LogP contribution in [-0.4, -0.2) is 16.3 Å². The first-order valence-corrected chi connectivity index (χ1v) is 7.47. The molecule has 2 aromatic rings. The highest BCUT2D eigenvalue weighted by molar-refractivity contribution is 6.31. The topological polar surface area (TPSA) is 29.9 Å². The number of nitrogens with zero attached hydrogens (tertiary/aromatic N) is 2. The van der Waals surface area contributed by atoms with E-state index in [2.05, 4.69) is 48.5 Å². The highest BCUT2D eigenvalue weighted by Crippen LogP contribution is 2.21. The normalized spacial score (nSPS) is 12.6. The standard InChI is InChI=1S/C16H22ClN3/c1-4-14-16(17)15(20(3)19-14)11-18-10-12(2)13-8-6-5-7-9-13/h5-9,12,18H,4,10-11H2,1-3H3. The fraction of sp³-hybridized carbons (Fsp3) is 0.438. The summed E-state index contributed by atoms with van der Waals surface area (Å²) in [7, 11) is 1.95. The molecule has 0 aliphatic carbocycles. The Hall–Kier alpha value is -1.32. The summed E-state index contributed by atoms with van der Waals surface area (Å²) in [6, 6.07) is 10.5. The van der Waals surface area contributed by atoms with Crippen molar-refractivity contribution in [2.75, 3.05) is 6.54 Å². The van der Waals surface area contributed by atoms with Crippen LogP contribution in [0.4, 0.5) is 0 Å². The molecular weight excluding hydrogens is 270 g/mol. The molecule has 0 saturated heterocycles. The van der Waals surface area contributed by atoms with Gasteiger partial charge in [-0.15, -0.1) is 0 Å². The summed E-state index contributed by atoms with van der Waals surface area (Å²) in [6.45, 7) is 5.97. The highest BCUT2D eigenvalue weighted by Gasteiger charge is 2.13. The summed E-state index contributed by atoms with van der Waals surface area (Å²) in [6.07, 6.45) is 0.868. The summed E-state index contributed by atoms with van der Waals surface area (Å²) in [5.74, 6) is 0.480. The molecule has 1 heterocycles. The van der Waals surface area contributed by atoms with Crippen LogP contribution in [0.5, 0.6) is 0 Å². The van der Waals surface area contributed by atoms with Gasteiger partial charge < -0.3 is 5.32 Å². The van der Waals surface area contributed by atoms with Gasteiger partial charge in [-0.25, -0.2) is 0 Å². The maximum Gasteiger partial charge on any atom is 0.0863 e. The number of benzene rings is 1. The van der Waals surface area contributed by atoms with Crippen molar-refractivity contribution in [2.45, 2.75) is 32.7 Å². The van der Waals surface area contributed by atoms with E-state index in [9.17, 15) is 0 Å². The Labute approximate surface area is 126 Å². The molecule has 1 aromatic carbocycles. The molecule has 0 fully saturated rings. The van der Waals surface area contributed by atoms with Crippen molar-refractivity contribution in [2.24, 2.45) is 7.05 Å². The summed E-state index contributed by atoms with van der Waals surface area (Å²) in [5.41, 5.74) is 3.39. The predicted octanol–water partition coefficient (Wildman–Crippen LogP) is 3.53. The smallest absolute Gasteiger partial charge is 0.0863 e. The number of aromatic nitrogens is 2. The van der Waals surface area contributed by atoms with Gasteiger partial charge >= 0.3 is 0 Å². The summed E-state index contributed by atoms with van der Waals surface area (Å²) >= 11 is 6.34. The van der Waals surface area contributed by atoms with Crippen molar-refractivity contribution in [3.63, 3.8) is 0 Å². The summed E-state index contributed by atoms with van der Waals surface area (Å²) in [5, 5.41) is 8.70. The first-order valence-electron chi connectivity index (χ1n) is 7.09. The lowest BCUT2D eigenvalue weighted by molar-refractivity contribution is 0.584. The molecule has 0 radical (unpaired) electrons. The van der Waals surface area contributed by atoms with E-state index in [1.165, 1.54) is 5.56 Å². The van der Waals surface area contributed by atoms with Crippen molar-refractivity contribution in [1.29, 1.82) is 0 Å². The van der Waals surface area contributed by atoms with Crippen LogP contribution in [0, 0.1) is 0 Å². The minimum atomic E-state index is 0.480. The second-order valence-corrected chi connectivity index (χ2v) is 5.51. The van der Waals surface area contributed by atoms with Crippen molar-refractivity contribution < 1.29 is 0 Å². The molecule has 1 N–H and O–H groups in total. The lowest BCUT2D eigenvalue weighted by Gasteiger charge is -2.13. The third kappa shape index (κ3) is 3.41. The van der Waals surface area contributed by atoms with Gasteiger partial charge in [-0.1, -0.05) is 55.8 Å². The Morgan fingerprint density at radius 3 is 2.60 bits per heavy atom. The molecular formula is C16H22ClN3. The first-order chi connectivity index (χ1) is 9.63. The molecule has 0 aliphatic heterocycles. The second kappa shape index (κ2) is 6.91. The van der Waals surface area contributed by atoms with Crippen LogP contribution in [0.15, 0.2) is 30.3 Å². The minimum Gasteiger partial charge on any atom is -0.311 e. The first kappa shape index (κ1) is 15.1. The van der Waals surface area contributed by atoms with Gasteiger partial charge in [0.2, 0.25) is 0 Å². The lowest BCUT2D eigenvalue weighted by Crippen LogP contribution is -2.21. The van der Waals surface area contributed by atoms with E-state index in [1.54, 1.807) is 0 Å². The van der Waals surface area contributed by atoms with E-state index < -0.39 is 0 Å². The Balaban J connectivity index is 1.92. The number of hydrogen-bond acceptors (Lipinski definition) is 2. The SMILES string of the molecule is CCc1nn(C)c(CNCC(C)c2ccccc2)c1Cl. The van der Waals surface area contributed by atoms with E-state index in [-0.39, 0.29) is 0 Å². The van der Waals surface area contributed by atoms with Gasteiger partial charge in [-0.3, -0.25) is 4.68 Å². The van der Waals surface area contributed by atoms with Crippen LogP contribution in [0.2, 0.25) is 5.02 Å². The maximum absolute atomic E-state index is 6.34. The Bertz CT molecular complexity index is 548. The molecule has 0 bridgehead atoms. The van der Waals surface area contributed by atoms with Gasteiger partial charge in [0.05, 0.1) is 16.4 Å². The van der Waals surface area contributed by atoms with Crippen molar-refractivity contribution in [3.05, 3.63) is 52.3 Å². The predicted molar refractivity (Wildman–Crippen MR) is 84.2 cm³/mol. The van der Waals surface area contributed by atoms with Gasteiger partial charge in [0.1, 0.15) is 0 Å². The van der Waals surface area contributed by atoms with Crippen molar-refractivity contribution in [3.8, 4) is 0 Å². The number of halogens is 1. The number of hydrogen-bond donors (Lipinski definition) is 1. The molecule has 1 atom stereocenters. The molecule has 2 rings (SSSR count). The molecule has 4 heteroatoms. The largest absolute Gasteiger partial charge is 0.311 e. The van der Waals surface area contributed by atoms with Crippen LogP contribution < -0.4 is 5.32 Å². The van der Waals surface area contributed by atoms with Gasteiger partial charge in [0.15, 0.2) is 0 Å². The van der Waals surface area contributed by atoms with E-state index in [1.807, 2.05) is 17.8 Å². The van der Waals surface area contributed by atoms with Crippen LogP contribution >= 0.6 is 11.6 Å². The van der Waals surface area contributed by atoms with Crippen LogP contribution in [-0.2, 0) is 20.0 Å². The number of rotatable bonds is 6. The van der Waals surface area contributed by atoms with Gasteiger partial charge in [-0.05, 0) is 17.9 Å². The quantitative estimate of drug-likeness (QED) is 0.882. The van der Waals surface area contributed by atoms with E-state index in [4.69, 9.17) is 11.6 Å². The Kier molecular flexibility index (Phi) is 5.21. The average molecular weight is 292 g/mol. The molecule has 0 spiro atoms. The highest BCUT2D eigenvalue weighted by atomic mass is 35.5. The zero-order valence-corrected chi connectivity index (χ0v) is 13.1. The van der Waals surface area contributed by atoms with Crippen molar-refractivity contribution in [1.82, 2.24) is 15.1 Å². The van der Waals surface area contributed by atoms with Gasteiger partial charge in [0, 0.05) is 20.1 Å². The van der Waals surface area contributed by atoms with E-state index in [0.717, 1.165) is 35.9 Å². The lowest BCUT2D eigenvalue weighted by atomic mass is 10.0. The molecule has 1 unspecified atom stereocenters. The summed E-state index contributed by atoms with van der Waals surface area (Å²) < 4.78 is 1.88. The zero-order chi connectivity index (χ0) is 14.5. The fourth-order valence-corrected chi connectivity index (χ4v) is 2.68. The van der Waals surface area contributed by atoms with E-state index in [0.29, 0.717) is 5.92 Å². The second-order valence-electron chi connectivity index (χ2n) is 5.13. The zero-order valence-electron chi connectivity index (χ0n) is 12.4. The minimum absolute atomic E-state index is 0.480. The average Bonchev–Trinajstić information content (AvgIpc) is 2.75. The monoisotopic (exact) mass is 291 g/mol. The molecule has 0 amide bonds. The fourth-order valence-electron chi connectivity index (χ4n) is 2.32. The van der Waals surface area contributed by atoms with Crippen molar-refractivity contribution >= 4 is 11.6 Å². The Morgan fingerprint density at radius 2 is 2.00 bits per heavy atom. The molecule has 0 saturated carbocycles. The van der Waals surface area contributed by atoms with Crippen LogP contribution in [0.1, 0.15) is 36.7 Å². The molecule has 108 valence electrons. The molecule has 1 aromatic heterocycles. The molecule has 20 heavy (non-hydrogen) atoms. The summed E-state index contributed by atoms with van der Waals surface area (Å²) in [4.78, 5) is 0. The van der Waals surface area contributed by atoms with Crippen LogP contribution in [0.25, 0.3) is 0 Å². The van der Waals surface area contributed by atoms with Gasteiger partial charge in [0.25, 0.3) is 0 Å². The third-order valence-corrected chi connectivity index (χ3v) is 4.05. The Morgan fingerprint density at radius 1 is 1.30 bits per heavy atom. The number of aryl methyl sites for hydroxylation is 2. The van der Waals surface area contributed by atoms with Gasteiger partial charge in [-0.2, -0.15) is 5.10 Å². The number of nitrogens with one attached hydrogen (secondary N) is 1. The maximum atomic E-state index is 6.34. The third-order valence-electron chi connectivity index (χ3n) is 3.61. The molecule has 3 nitrogen and oxygen atoms in total.